The highest BCUT2D eigenvalue weighted by atomic mass is 35.5. The highest BCUT2D eigenvalue weighted by molar-refractivity contribution is 6.32. The summed E-state index contributed by atoms with van der Waals surface area (Å²) in [5.41, 5.74) is 2.12. The molecular weight excluding hydrogens is 330 g/mol. The average Bonchev–Trinajstić information content (AvgIpc) is 3.00. The molecule has 0 aliphatic carbocycles. The molecule has 2 saturated heterocycles. The van der Waals surface area contributed by atoms with Crippen LogP contribution in [0.1, 0.15) is 24.0 Å². The van der Waals surface area contributed by atoms with E-state index in [-0.39, 0.29) is 11.4 Å². The Morgan fingerprint density at radius 3 is 2.58 bits per heavy atom. The molecule has 24 heavy (non-hydrogen) atoms. The minimum absolute atomic E-state index is 0.324. The van der Waals surface area contributed by atoms with E-state index in [0.717, 1.165) is 42.4 Å². The topological polar surface area (TPSA) is 51.9 Å². The second-order valence-corrected chi connectivity index (χ2v) is 6.98. The third-order valence-corrected chi connectivity index (χ3v) is 5.34. The van der Waals surface area contributed by atoms with Gasteiger partial charge in [-0.3, -0.25) is 4.90 Å². The van der Waals surface area contributed by atoms with Crippen LogP contribution in [0.3, 0.4) is 0 Å². The van der Waals surface area contributed by atoms with Gasteiger partial charge < -0.3 is 13.9 Å². The van der Waals surface area contributed by atoms with Crippen molar-refractivity contribution in [1.82, 2.24) is 4.90 Å². The maximum absolute atomic E-state index is 11.9. The van der Waals surface area contributed by atoms with Crippen LogP contribution in [0.2, 0.25) is 5.02 Å². The number of hydrogen-bond acceptors (Lipinski definition) is 5. The molecular formula is C18H20ClNO4. The number of aryl methyl sites for hydroxylation is 1. The van der Waals surface area contributed by atoms with Gasteiger partial charge in [0.25, 0.3) is 0 Å². The average molecular weight is 350 g/mol. The summed E-state index contributed by atoms with van der Waals surface area (Å²) in [5.74, 6) is -0.380. The zero-order valence-electron chi connectivity index (χ0n) is 13.6. The molecule has 0 unspecified atom stereocenters. The van der Waals surface area contributed by atoms with Crippen molar-refractivity contribution in [1.29, 1.82) is 0 Å². The van der Waals surface area contributed by atoms with Gasteiger partial charge >= 0.3 is 5.63 Å². The predicted octanol–water partition coefficient (Wildman–Crippen LogP) is 3.09. The Bertz CT molecular complexity index is 816. The fourth-order valence-corrected chi connectivity index (χ4v) is 3.72. The molecule has 6 heteroatoms. The van der Waals surface area contributed by atoms with Gasteiger partial charge in [-0.15, -0.1) is 0 Å². The molecule has 0 amide bonds. The number of fused-ring (bicyclic) bond motifs is 1. The van der Waals surface area contributed by atoms with E-state index in [0.29, 0.717) is 30.4 Å². The van der Waals surface area contributed by atoms with E-state index >= 15 is 0 Å². The fraction of sp³-hybridized carbons (Fsp3) is 0.500. The van der Waals surface area contributed by atoms with E-state index in [4.69, 9.17) is 25.5 Å². The van der Waals surface area contributed by atoms with Crippen molar-refractivity contribution >= 4 is 22.6 Å². The van der Waals surface area contributed by atoms with E-state index < -0.39 is 0 Å². The van der Waals surface area contributed by atoms with Crippen LogP contribution in [0, 0.1) is 6.92 Å². The lowest BCUT2D eigenvalue weighted by Crippen LogP contribution is -2.44. The fourth-order valence-electron chi connectivity index (χ4n) is 3.56. The number of likely N-dealkylation sites (tertiary alicyclic amines) is 1. The number of ether oxygens (including phenoxy) is 2. The largest absolute Gasteiger partial charge is 0.423 e. The Kier molecular flexibility index (Phi) is 4.12. The molecule has 1 aromatic heterocycles. The molecule has 0 atom stereocenters. The lowest BCUT2D eigenvalue weighted by Gasteiger charge is -2.37. The molecule has 3 heterocycles. The molecule has 0 N–H and O–H groups in total. The summed E-state index contributed by atoms with van der Waals surface area (Å²) >= 11 is 6.26. The van der Waals surface area contributed by atoms with Crippen LogP contribution in [0.25, 0.3) is 11.0 Å². The summed E-state index contributed by atoms with van der Waals surface area (Å²) in [7, 11) is 0. The van der Waals surface area contributed by atoms with Crippen molar-refractivity contribution in [3.05, 3.63) is 44.8 Å². The van der Waals surface area contributed by atoms with Crippen LogP contribution in [-0.4, -0.2) is 37.0 Å². The molecule has 128 valence electrons. The predicted molar refractivity (Wildman–Crippen MR) is 91.4 cm³/mol. The van der Waals surface area contributed by atoms with Crippen LogP contribution in [0.4, 0.5) is 0 Å². The number of halogens is 1. The number of piperidine rings is 1. The Labute approximate surface area is 145 Å². The van der Waals surface area contributed by atoms with Gasteiger partial charge in [-0.2, -0.15) is 0 Å². The third kappa shape index (κ3) is 2.97. The smallest absolute Gasteiger partial charge is 0.336 e. The quantitative estimate of drug-likeness (QED) is 0.780. The molecule has 2 aliphatic heterocycles. The van der Waals surface area contributed by atoms with Gasteiger partial charge in [0, 0.05) is 49.0 Å². The highest BCUT2D eigenvalue weighted by Crippen LogP contribution is 2.32. The Hall–Kier alpha value is -1.40. The van der Waals surface area contributed by atoms with Crippen molar-refractivity contribution in [3.63, 3.8) is 0 Å². The normalized spacial score (nSPS) is 20.9. The summed E-state index contributed by atoms with van der Waals surface area (Å²) in [5, 5.41) is 1.59. The van der Waals surface area contributed by atoms with Gasteiger partial charge in [0.15, 0.2) is 5.79 Å². The van der Waals surface area contributed by atoms with Crippen LogP contribution in [0.5, 0.6) is 0 Å². The number of benzene rings is 1. The summed E-state index contributed by atoms with van der Waals surface area (Å²) in [6.07, 6.45) is 1.71. The minimum Gasteiger partial charge on any atom is -0.423 e. The second-order valence-electron chi connectivity index (χ2n) is 6.57. The zero-order chi connectivity index (χ0) is 16.7. The molecule has 2 fully saturated rings. The van der Waals surface area contributed by atoms with Crippen molar-refractivity contribution in [3.8, 4) is 0 Å². The van der Waals surface area contributed by atoms with Gasteiger partial charge in [0.05, 0.1) is 13.2 Å². The highest BCUT2D eigenvalue weighted by Gasteiger charge is 2.39. The molecule has 0 bridgehead atoms. The van der Waals surface area contributed by atoms with E-state index in [1.54, 1.807) is 6.07 Å². The molecule has 4 rings (SSSR count). The van der Waals surface area contributed by atoms with Gasteiger partial charge in [-0.05, 0) is 30.2 Å². The Morgan fingerprint density at radius 1 is 1.17 bits per heavy atom. The molecule has 2 aliphatic rings. The minimum atomic E-state index is -0.380. The molecule has 1 aromatic carbocycles. The van der Waals surface area contributed by atoms with E-state index in [2.05, 4.69) is 4.90 Å². The van der Waals surface area contributed by atoms with Crippen LogP contribution in [-0.2, 0) is 16.0 Å². The first-order chi connectivity index (χ1) is 11.5. The van der Waals surface area contributed by atoms with Crippen molar-refractivity contribution in [2.45, 2.75) is 32.1 Å². The van der Waals surface area contributed by atoms with Gasteiger partial charge in [-0.1, -0.05) is 11.6 Å². The first kappa shape index (κ1) is 16.1. The molecule has 2 aromatic rings. The van der Waals surface area contributed by atoms with Crippen LogP contribution in [0.15, 0.2) is 27.4 Å². The molecule has 5 nitrogen and oxygen atoms in total. The zero-order valence-corrected chi connectivity index (χ0v) is 14.4. The van der Waals surface area contributed by atoms with Gasteiger partial charge in [-0.25, -0.2) is 4.79 Å². The van der Waals surface area contributed by atoms with E-state index in [1.807, 2.05) is 19.1 Å². The first-order valence-corrected chi connectivity index (χ1v) is 8.66. The SMILES string of the molecule is Cc1cc2oc(=O)cc(CN3CCC4(CC3)OCCO4)c2cc1Cl. The monoisotopic (exact) mass is 349 g/mol. The molecule has 1 spiro atoms. The summed E-state index contributed by atoms with van der Waals surface area (Å²) in [6, 6.07) is 5.29. The van der Waals surface area contributed by atoms with Crippen LogP contribution >= 0.6 is 11.6 Å². The lowest BCUT2D eigenvalue weighted by molar-refractivity contribution is -0.185. The standard InChI is InChI=1S/C18H20ClNO4/c1-12-8-16-14(10-15(12)19)13(9-17(21)24-16)11-20-4-2-18(3-5-20)22-6-7-23-18/h8-10H,2-7,11H2,1H3. The molecule has 0 radical (unpaired) electrons. The van der Waals surface area contributed by atoms with E-state index in [1.165, 1.54) is 0 Å². The van der Waals surface area contributed by atoms with Crippen molar-refractivity contribution in [2.75, 3.05) is 26.3 Å². The van der Waals surface area contributed by atoms with Crippen molar-refractivity contribution < 1.29 is 13.9 Å². The maximum Gasteiger partial charge on any atom is 0.336 e. The maximum atomic E-state index is 11.9. The third-order valence-electron chi connectivity index (χ3n) is 4.93. The second kappa shape index (κ2) is 6.15. The first-order valence-electron chi connectivity index (χ1n) is 8.28. The number of nitrogens with zero attached hydrogens (tertiary/aromatic N) is 1. The number of rotatable bonds is 2. The van der Waals surface area contributed by atoms with Crippen molar-refractivity contribution in [2.24, 2.45) is 0 Å². The van der Waals surface area contributed by atoms with Gasteiger partial charge in [0.2, 0.25) is 0 Å². The Morgan fingerprint density at radius 2 is 1.88 bits per heavy atom. The number of hydrogen-bond donors (Lipinski definition) is 0. The summed E-state index contributed by atoms with van der Waals surface area (Å²) in [6.45, 7) is 5.71. The summed E-state index contributed by atoms with van der Waals surface area (Å²) < 4.78 is 16.9. The molecule has 0 saturated carbocycles. The Balaban J connectivity index is 1.58. The van der Waals surface area contributed by atoms with Gasteiger partial charge in [0.1, 0.15) is 5.58 Å². The lowest BCUT2D eigenvalue weighted by atomic mass is 10.0. The van der Waals surface area contributed by atoms with Crippen LogP contribution < -0.4 is 5.63 Å². The van der Waals surface area contributed by atoms with E-state index in [9.17, 15) is 4.79 Å². The summed E-state index contributed by atoms with van der Waals surface area (Å²) in [4.78, 5) is 14.2.